The Labute approximate surface area is 175 Å². The summed E-state index contributed by atoms with van der Waals surface area (Å²) in [5, 5.41) is 2.84. The number of hydrogen-bond acceptors (Lipinski definition) is 5. The second kappa shape index (κ2) is 10.0. The van der Waals surface area contributed by atoms with Crippen LogP contribution in [0.4, 0.5) is 5.69 Å². The van der Waals surface area contributed by atoms with Crippen LogP contribution >= 0.6 is 0 Å². The van der Waals surface area contributed by atoms with Crippen LogP contribution in [-0.2, 0) is 11.2 Å². The van der Waals surface area contributed by atoms with E-state index in [1.54, 1.807) is 54.9 Å². The van der Waals surface area contributed by atoms with E-state index in [0.717, 1.165) is 16.7 Å². The van der Waals surface area contributed by atoms with Crippen molar-refractivity contribution in [2.45, 2.75) is 6.42 Å². The highest BCUT2D eigenvalue weighted by Gasteiger charge is 2.14. The number of nitrogens with one attached hydrogen (secondary N) is 1. The van der Waals surface area contributed by atoms with Gasteiger partial charge in [0.15, 0.2) is 6.61 Å². The van der Waals surface area contributed by atoms with Gasteiger partial charge in [-0.2, -0.15) is 0 Å². The van der Waals surface area contributed by atoms with Gasteiger partial charge in [0.2, 0.25) is 0 Å². The molecule has 0 aliphatic carbocycles. The summed E-state index contributed by atoms with van der Waals surface area (Å²) in [6, 6.07) is 15.9. The van der Waals surface area contributed by atoms with Crippen LogP contribution in [0.25, 0.3) is 11.1 Å². The molecule has 3 aromatic rings. The zero-order valence-electron chi connectivity index (χ0n) is 16.3. The maximum atomic E-state index is 12.7. The molecule has 0 saturated heterocycles. The van der Waals surface area contributed by atoms with Crippen LogP contribution in [0.1, 0.15) is 26.3 Å². The Bertz CT molecular complexity index is 1090. The molecule has 0 atom stereocenters. The topological polar surface area (TPSA) is 94.3 Å². The highest BCUT2D eigenvalue weighted by atomic mass is 16.5. The van der Waals surface area contributed by atoms with Crippen molar-refractivity contribution < 1.29 is 14.3 Å². The zero-order chi connectivity index (χ0) is 21.3. The lowest BCUT2D eigenvalue weighted by molar-refractivity contribution is 0.0556. The predicted octanol–water partition coefficient (Wildman–Crippen LogP) is 3.29. The molecule has 1 aromatic heterocycles. The van der Waals surface area contributed by atoms with E-state index in [2.05, 4.69) is 16.2 Å². The van der Waals surface area contributed by atoms with Gasteiger partial charge in [0.25, 0.3) is 5.91 Å². The Morgan fingerprint density at radius 3 is 2.60 bits per heavy atom. The Kier molecular flexibility index (Phi) is 6.93. The number of rotatable bonds is 7. The molecule has 0 spiro atoms. The maximum absolute atomic E-state index is 12.7. The predicted molar refractivity (Wildman–Crippen MR) is 116 cm³/mol. The number of aromatic nitrogens is 1. The number of benzene rings is 2. The van der Waals surface area contributed by atoms with E-state index in [1.807, 2.05) is 12.1 Å². The van der Waals surface area contributed by atoms with Crippen molar-refractivity contribution in [3.63, 3.8) is 0 Å². The molecule has 0 unspecified atom stereocenters. The highest BCUT2D eigenvalue weighted by Crippen LogP contribution is 2.27. The van der Waals surface area contributed by atoms with Gasteiger partial charge in [-0.3, -0.25) is 9.78 Å². The quantitative estimate of drug-likeness (QED) is 0.470. The number of anilines is 1. The fourth-order valence-electron chi connectivity index (χ4n) is 3.00. The third kappa shape index (κ3) is 5.10. The van der Waals surface area contributed by atoms with E-state index in [9.17, 15) is 9.59 Å². The molecule has 30 heavy (non-hydrogen) atoms. The van der Waals surface area contributed by atoms with Crippen molar-refractivity contribution in [2.75, 3.05) is 18.5 Å². The van der Waals surface area contributed by atoms with E-state index >= 15 is 0 Å². The Morgan fingerprint density at radius 1 is 1.07 bits per heavy atom. The van der Waals surface area contributed by atoms with Gasteiger partial charge in [0.05, 0.1) is 5.56 Å². The number of amides is 1. The molecule has 0 bridgehead atoms. The molecule has 0 aliphatic rings. The zero-order valence-corrected chi connectivity index (χ0v) is 16.3. The first-order valence-electron chi connectivity index (χ1n) is 9.37. The fourth-order valence-corrected chi connectivity index (χ4v) is 3.00. The molecule has 0 saturated carbocycles. The van der Waals surface area contributed by atoms with Gasteiger partial charge >= 0.3 is 5.97 Å². The van der Waals surface area contributed by atoms with Crippen molar-refractivity contribution in [3.05, 3.63) is 83.7 Å². The molecule has 150 valence electrons. The van der Waals surface area contributed by atoms with Gasteiger partial charge < -0.3 is 15.8 Å². The van der Waals surface area contributed by atoms with E-state index in [-0.39, 0.29) is 12.5 Å². The SMILES string of the molecule is C#CCOC(=O)c1cccc(-c2cc(C(=O)Nc3ccncc3)ccc2CCN)c1. The minimum absolute atomic E-state index is 0.0911. The molecule has 2 aromatic carbocycles. The Morgan fingerprint density at radius 2 is 1.87 bits per heavy atom. The summed E-state index contributed by atoms with van der Waals surface area (Å²) >= 11 is 0. The van der Waals surface area contributed by atoms with Gasteiger partial charge in [-0.05, 0) is 66.1 Å². The molecule has 0 aliphatic heterocycles. The third-order valence-electron chi connectivity index (χ3n) is 4.42. The van der Waals surface area contributed by atoms with Crippen LogP contribution in [0.2, 0.25) is 0 Å². The largest absolute Gasteiger partial charge is 0.449 e. The third-order valence-corrected chi connectivity index (χ3v) is 4.42. The van der Waals surface area contributed by atoms with E-state index in [0.29, 0.717) is 29.8 Å². The summed E-state index contributed by atoms with van der Waals surface area (Å²) in [4.78, 5) is 28.8. The number of carbonyl (C=O) groups excluding carboxylic acids is 2. The summed E-state index contributed by atoms with van der Waals surface area (Å²) in [6.45, 7) is 0.367. The molecular weight excluding hydrogens is 378 g/mol. The Hall–Kier alpha value is -3.95. The van der Waals surface area contributed by atoms with Crippen LogP contribution in [0.3, 0.4) is 0 Å². The standard InChI is InChI=1S/C24H21N3O3/c1-2-14-30-24(29)20-5-3-4-18(15-20)22-16-19(7-6-17(22)8-11-25)23(28)27-21-9-12-26-13-10-21/h1,3-7,9-10,12-13,15-16H,8,11,14,25H2,(H,26,27,28). The maximum Gasteiger partial charge on any atom is 0.339 e. The van der Waals surface area contributed by atoms with Crippen LogP contribution < -0.4 is 11.1 Å². The van der Waals surface area contributed by atoms with E-state index in [4.69, 9.17) is 16.9 Å². The summed E-state index contributed by atoms with van der Waals surface area (Å²) in [6.07, 6.45) is 9.00. The second-order valence-corrected chi connectivity index (χ2v) is 6.46. The number of nitrogens with two attached hydrogens (primary N) is 1. The lowest BCUT2D eigenvalue weighted by Gasteiger charge is -2.13. The molecule has 6 heteroatoms. The number of ether oxygens (including phenoxy) is 1. The summed E-state index contributed by atoms with van der Waals surface area (Å²) < 4.78 is 5.01. The monoisotopic (exact) mass is 399 g/mol. The first kappa shape index (κ1) is 20.8. The molecule has 0 fully saturated rings. The minimum Gasteiger partial charge on any atom is -0.449 e. The van der Waals surface area contributed by atoms with Crippen LogP contribution in [0, 0.1) is 12.3 Å². The number of nitrogens with zero attached hydrogens (tertiary/aromatic N) is 1. The number of hydrogen-bond donors (Lipinski definition) is 2. The lowest BCUT2D eigenvalue weighted by atomic mass is 9.94. The average Bonchev–Trinajstić information content (AvgIpc) is 2.78. The molecule has 0 radical (unpaired) electrons. The molecule has 1 heterocycles. The van der Waals surface area contributed by atoms with E-state index in [1.165, 1.54) is 0 Å². The summed E-state index contributed by atoms with van der Waals surface area (Å²) in [5.41, 5.74) is 9.88. The number of carbonyl (C=O) groups is 2. The molecule has 6 nitrogen and oxygen atoms in total. The minimum atomic E-state index is -0.498. The number of terminal acetylenes is 1. The van der Waals surface area contributed by atoms with Crippen LogP contribution in [0.15, 0.2) is 67.0 Å². The lowest BCUT2D eigenvalue weighted by Crippen LogP contribution is -2.13. The molecule has 1 amide bonds. The first-order chi connectivity index (χ1) is 14.6. The second-order valence-electron chi connectivity index (χ2n) is 6.46. The fraction of sp³-hybridized carbons (Fsp3) is 0.125. The number of pyridine rings is 1. The summed E-state index contributed by atoms with van der Waals surface area (Å²) in [5.74, 6) is 1.53. The normalized spacial score (nSPS) is 10.1. The molecular formula is C24H21N3O3. The van der Waals surface area contributed by atoms with Crippen molar-refractivity contribution in [3.8, 4) is 23.5 Å². The molecule has 3 rings (SSSR count). The average molecular weight is 399 g/mol. The van der Waals surface area contributed by atoms with Crippen molar-refractivity contribution >= 4 is 17.6 Å². The van der Waals surface area contributed by atoms with Gasteiger partial charge in [-0.15, -0.1) is 6.42 Å². The summed E-state index contributed by atoms with van der Waals surface area (Å²) in [7, 11) is 0. The van der Waals surface area contributed by atoms with Gasteiger partial charge in [0.1, 0.15) is 0 Å². The van der Waals surface area contributed by atoms with Crippen molar-refractivity contribution in [1.82, 2.24) is 4.98 Å². The van der Waals surface area contributed by atoms with Crippen molar-refractivity contribution in [2.24, 2.45) is 5.73 Å². The number of esters is 1. The van der Waals surface area contributed by atoms with Crippen LogP contribution in [-0.4, -0.2) is 30.0 Å². The van der Waals surface area contributed by atoms with Gasteiger partial charge in [-0.1, -0.05) is 24.1 Å². The highest BCUT2D eigenvalue weighted by molar-refractivity contribution is 6.05. The van der Waals surface area contributed by atoms with Crippen molar-refractivity contribution in [1.29, 1.82) is 0 Å². The first-order valence-corrected chi connectivity index (χ1v) is 9.37. The Balaban J connectivity index is 1.95. The van der Waals surface area contributed by atoms with Gasteiger partial charge in [0, 0.05) is 23.6 Å². The van der Waals surface area contributed by atoms with Crippen LogP contribution in [0.5, 0.6) is 0 Å². The van der Waals surface area contributed by atoms with Gasteiger partial charge in [-0.25, -0.2) is 4.79 Å². The smallest absolute Gasteiger partial charge is 0.339 e. The molecule has 3 N–H and O–H groups in total. The van der Waals surface area contributed by atoms with E-state index < -0.39 is 5.97 Å².